The third-order valence-corrected chi connectivity index (χ3v) is 5.71. The Balaban J connectivity index is 1.36. The van der Waals surface area contributed by atoms with Gasteiger partial charge in [0, 0.05) is 39.0 Å². The average Bonchev–Trinajstić information content (AvgIpc) is 3.24. The van der Waals surface area contributed by atoms with E-state index in [4.69, 9.17) is 0 Å². The summed E-state index contributed by atoms with van der Waals surface area (Å²) in [7, 11) is 0. The van der Waals surface area contributed by atoms with Crippen molar-refractivity contribution in [3.05, 3.63) is 11.1 Å². The summed E-state index contributed by atoms with van der Waals surface area (Å²) in [4.78, 5) is 48.2. The summed E-state index contributed by atoms with van der Waals surface area (Å²) < 4.78 is 0. The van der Waals surface area contributed by atoms with Gasteiger partial charge in [-0.05, 0) is 12.8 Å². The Morgan fingerprint density at radius 2 is 0.893 bits per heavy atom. The Morgan fingerprint density at radius 1 is 0.571 bits per heavy atom. The molecular weight excluding hydrogens is 356 g/mol. The Morgan fingerprint density at radius 3 is 1.18 bits per heavy atom. The van der Waals surface area contributed by atoms with Crippen molar-refractivity contribution in [2.24, 2.45) is 0 Å². The molecule has 2 saturated heterocycles. The molecule has 2 heterocycles. The molecule has 0 radical (unpaired) electrons. The predicted octanol–water partition coefficient (Wildman–Crippen LogP) is 2.87. The van der Waals surface area contributed by atoms with E-state index in [1.165, 1.54) is 38.5 Å². The molecule has 0 bridgehead atoms. The zero-order valence-corrected chi connectivity index (χ0v) is 16.8. The zero-order chi connectivity index (χ0) is 20.2. The fourth-order valence-electron chi connectivity index (χ4n) is 3.93. The van der Waals surface area contributed by atoms with E-state index in [2.05, 4.69) is 0 Å². The molecule has 0 atom stereocenters. The second-order valence-corrected chi connectivity index (χ2v) is 7.78. The van der Waals surface area contributed by atoms with Gasteiger partial charge in [0.2, 0.25) is 0 Å². The number of hydrogen-bond donors (Lipinski definition) is 0. The van der Waals surface area contributed by atoms with Gasteiger partial charge in [-0.15, -0.1) is 0 Å². The molecule has 0 N–H and O–H groups in total. The minimum Gasteiger partial charge on any atom is -0.338 e. The molecule has 0 aromatic heterocycles. The van der Waals surface area contributed by atoms with Crippen LogP contribution in [0.5, 0.6) is 0 Å². The normalized spacial score (nSPS) is 16.9. The van der Waals surface area contributed by atoms with Crippen molar-refractivity contribution in [1.29, 1.82) is 0 Å². The maximum Gasteiger partial charge on any atom is 0.260 e. The molecule has 0 aliphatic carbocycles. The number of amides is 2. The highest BCUT2D eigenvalue weighted by Gasteiger charge is 2.26. The highest BCUT2D eigenvalue weighted by atomic mass is 16.2. The largest absolute Gasteiger partial charge is 0.338 e. The van der Waals surface area contributed by atoms with Crippen LogP contribution < -0.4 is 0 Å². The Bertz CT molecular complexity index is 589. The van der Waals surface area contributed by atoms with Crippen molar-refractivity contribution >= 4 is 23.7 Å². The van der Waals surface area contributed by atoms with Crippen molar-refractivity contribution in [2.75, 3.05) is 26.2 Å². The monoisotopic (exact) mass is 388 g/mol. The number of carbonyl (C=O) groups excluding carboxylic acids is 4. The van der Waals surface area contributed by atoms with Crippen LogP contribution in [-0.2, 0) is 19.2 Å². The zero-order valence-electron chi connectivity index (χ0n) is 16.8. The Hall–Kier alpha value is -2.16. The van der Waals surface area contributed by atoms with E-state index in [1.54, 1.807) is 21.7 Å². The Labute approximate surface area is 167 Å². The molecule has 0 unspecified atom stereocenters. The van der Waals surface area contributed by atoms with E-state index in [9.17, 15) is 19.2 Å². The van der Waals surface area contributed by atoms with Crippen LogP contribution >= 0.6 is 0 Å². The van der Waals surface area contributed by atoms with Crippen molar-refractivity contribution in [2.45, 2.75) is 77.0 Å². The van der Waals surface area contributed by atoms with Crippen LogP contribution in [0.2, 0.25) is 0 Å². The van der Waals surface area contributed by atoms with E-state index in [0.717, 1.165) is 38.8 Å². The molecule has 6 heteroatoms. The molecule has 154 valence electrons. The molecule has 0 aromatic carbocycles. The third kappa shape index (κ3) is 6.78. The van der Waals surface area contributed by atoms with Gasteiger partial charge in [-0.2, -0.15) is 0 Å². The first-order valence-electron chi connectivity index (χ1n) is 10.7. The molecule has 2 fully saturated rings. The van der Waals surface area contributed by atoms with Gasteiger partial charge in [0.05, 0.1) is 0 Å². The van der Waals surface area contributed by atoms with Crippen molar-refractivity contribution in [3.63, 3.8) is 0 Å². The van der Waals surface area contributed by atoms with Crippen LogP contribution in [0.4, 0.5) is 0 Å². The molecule has 28 heavy (non-hydrogen) atoms. The number of unbranched alkanes of at least 4 members (excludes halogenated alkanes) is 9. The summed E-state index contributed by atoms with van der Waals surface area (Å²) in [6.45, 7) is 2.86. The first kappa shape index (κ1) is 22.1. The molecule has 6 nitrogen and oxygen atoms in total. The lowest BCUT2D eigenvalue weighted by molar-refractivity contribution is -0.125. The van der Waals surface area contributed by atoms with Gasteiger partial charge < -0.3 is 9.80 Å². The summed E-state index contributed by atoms with van der Waals surface area (Å²) in [5, 5.41) is 0. The van der Waals surface area contributed by atoms with E-state index in [1.807, 2.05) is 0 Å². The number of nitrogens with zero attached hydrogens (tertiary/aromatic N) is 2. The standard InChI is InChI=1S/C22H32N2O4/c25-17-19-11-15-23(21(19)27)13-9-7-5-3-1-2-4-6-8-10-14-24-16-12-20(18-26)22(24)28/h1-16H2. The minimum absolute atomic E-state index is 0.121. The van der Waals surface area contributed by atoms with Crippen LogP contribution in [-0.4, -0.2) is 59.7 Å². The minimum atomic E-state index is -0.121. The SMILES string of the molecule is O=C=C1CCN(CCCCCCCCCCCCN2CCC(=C=O)C2=O)C1=O. The lowest BCUT2D eigenvalue weighted by Crippen LogP contribution is -2.26. The smallest absolute Gasteiger partial charge is 0.260 e. The van der Waals surface area contributed by atoms with Crippen LogP contribution in [0, 0.1) is 0 Å². The van der Waals surface area contributed by atoms with Gasteiger partial charge in [0.1, 0.15) is 23.0 Å². The first-order valence-corrected chi connectivity index (χ1v) is 10.7. The first-order chi connectivity index (χ1) is 13.7. The molecule has 2 aliphatic heterocycles. The molecule has 2 aliphatic rings. The van der Waals surface area contributed by atoms with E-state index in [-0.39, 0.29) is 11.8 Å². The number of hydrogen-bond acceptors (Lipinski definition) is 4. The quantitative estimate of drug-likeness (QED) is 0.276. The molecule has 2 amide bonds. The van der Waals surface area contributed by atoms with E-state index >= 15 is 0 Å². The maximum atomic E-state index is 11.8. The summed E-state index contributed by atoms with van der Waals surface area (Å²) in [5.41, 5.74) is 0.601. The second-order valence-electron chi connectivity index (χ2n) is 7.78. The van der Waals surface area contributed by atoms with Crippen molar-refractivity contribution in [3.8, 4) is 0 Å². The predicted molar refractivity (Wildman–Crippen MR) is 107 cm³/mol. The van der Waals surface area contributed by atoms with Crippen LogP contribution in [0.15, 0.2) is 11.1 Å². The van der Waals surface area contributed by atoms with E-state index < -0.39 is 0 Å². The van der Waals surface area contributed by atoms with E-state index in [0.29, 0.717) is 37.1 Å². The summed E-state index contributed by atoms with van der Waals surface area (Å²) in [6.07, 6.45) is 12.7. The number of likely N-dealkylation sites (tertiary alicyclic amines) is 2. The van der Waals surface area contributed by atoms with Gasteiger partial charge >= 0.3 is 0 Å². The van der Waals surface area contributed by atoms with Crippen LogP contribution in [0.1, 0.15) is 77.0 Å². The van der Waals surface area contributed by atoms with Crippen molar-refractivity contribution in [1.82, 2.24) is 9.80 Å². The van der Waals surface area contributed by atoms with Gasteiger partial charge in [-0.25, -0.2) is 9.59 Å². The lowest BCUT2D eigenvalue weighted by atomic mass is 10.1. The molecule has 0 aromatic rings. The van der Waals surface area contributed by atoms with Crippen LogP contribution in [0.25, 0.3) is 0 Å². The van der Waals surface area contributed by atoms with Gasteiger partial charge in [-0.1, -0.05) is 51.4 Å². The second kappa shape index (κ2) is 12.3. The Kier molecular flexibility index (Phi) is 9.74. The molecular formula is C22H32N2O4. The highest BCUT2D eigenvalue weighted by molar-refractivity contribution is 6.03. The fourth-order valence-corrected chi connectivity index (χ4v) is 3.93. The molecule has 0 spiro atoms. The highest BCUT2D eigenvalue weighted by Crippen LogP contribution is 2.17. The fraction of sp³-hybridized carbons (Fsp3) is 0.727. The molecule has 2 rings (SSSR count). The summed E-state index contributed by atoms with van der Waals surface area (Å²) in [6, 6.07) is 0. The number of rotatable bonds is 13. The van der Waals surface area contributed by atoms with Gasteiger partial charge in [-0.3, -0.25) is 9.59 Å². The van der Waals surface area contributed by atoms with Crippen molar-refractivity contribution < 1.29 is 19.2 Å². The van der Waals surface area contributed by atoms with Gasteiger partial charge in [0.15, 0.2) is 0 Å². The van der Waals surface area contributed by atoms with Crippen LogP contribution in [0.3, 0.4) is 0 Å². The topological polar surface area (TPSA) is 74.8 Å². The lowest BCUT2D eigenvalue weighted by Gasteiger charge is -2.14. The maximum absolute atomic E-state index is 11.8. The summed E-state index contributed by atoms with van der Waals surface area (Å²) >= 11 is 0. The van der Waals surface area contributed by atoms with Gasteiger partial charge in [0.25, 0.3) is 11.8 Å². The number of carbonyl (C=O) groups is 2. The third-order valence-electron chi connectivity index (χ3n) is 5.71. The summed E-state index contributed by atoms with van der Waals surface area (Å²) in [5.74, 6) is 3.26. The molecule has 0 saturated carbocycles. The average molecular weight is 389 g/mol.